The number of allylic oxidation sites excluding steroid dienone is 1. The second-order valence-corrected chi connectivity index (χ2v) is 10.5. The van der Waals surface area contributed by atoms with Crippen molar-refractivity contribution >= 4 is 0 Å². The van der Waals surface area contributed by atoms with Crippen LogP contribution in [0.15, 0.2) is 23.2 Å². The molecule has 1 heterocycles. The predicted octanol–water partition coefficient (Wildman–Crippen LogP) is 3.55. The minimum Gasteiger partial charge on any atom is -0.469 e. The van der Waals surface area contributed by atoms with E-state index >= 15 is 0 Å². The summed E-state index contributed by atoms with van der Waals surface area (Å²) in [5.74, 6) is 2.34. The van der Waals surface area contributed by atoms with Crippen molar-refractivity contribution in [1.29, 1.82) is 0 Å². The molecule has 4 aliphatic carbocycles. The van der Waals surface area contributed by atoms with Crippen molar-refractivity contribution < 1.29 is 24.4 Å². The third-order valence-electron chi connectivity index (χ3n) is 9.73. The van der Waals surface area contributed by atoms with E-state index in [0.29, 0.717) is 23.7 Å². The SMILES string of the molecule is COC(OC)=C(CO)[C@@]12O[C@@H]1C[C@@H]1[C@@H]3CC=C4C[C@H](O)CC[C@]4(C)[C@H]3CC[C@@]12C. The standard InChI is InChI=1S/C24H36O5/c1-22-9-7-15(26)11-14(22)5-6-16-17(22)8-10-23(2)18(16)12-20-24(23,29-20)19(13-25)21(27-3)28-4/h5,15-18,20,25-26H,6-13H2,1-4H3/t15-,16-,17+,18-,20-,22+,23+,24-/m1/s1. The molecule has 0 unspecified atom stereocenters. The Morgan fingerprint density at radius 2 is 1.93 bits per heavy atom. The summed E-state index contributed by atoms with van der Waals surface area (Å²) in [5, 5.41) is 20.4. The number of hydrogen-bond acceptors (Lipinski definition) is 5. The summed E-state index contributed by atoms with van der Waals surface area (Å²) in [4.78, 5) is 0. The van der Waals surface area contributed by atoms with Gasteiger partial charge in [-0.3, -0.25) is 0 Å². The first-order valence-electron chi connectivity index (χ1n) is 11.3. The molecule has 5 aliphatic rings. The van der Waals surface area contributed by atoms with Gasteiger partial charge in [0, 0.05) is 5.41 Å². The first-order chi connectivity index (χ1) is 13.9. The summed E-state index contributed by atoms with van der Waals surface area (Å²) < 4.78 is 17.3. The van der Waals surface area contributed by atoms with Gasteiger partial charge in [0.25, 0.3) is 5.95 Å². The fraction of sp³-hybridized carbons (Fsp3) is 0.833. The van der Waals surface area contributed by atoms with Crippen LogP contribution in [0.2, 0.25) is 0 Å². The van der Waals surface area contributed by atoms with E-state index < -0.39 is 5.60 Å². The molecule has 0 aromatic heterocycles. The number of ether oxygens (including phenoxy) is 3. The fourth-order valence-electron chi connectivity index (χ4n) is 8.27. The summed E-state index contributed by atoms with van der Waals surface area (Å²) >= 11 is 0. The van der Waals surface area contributed by atoms with Gasteiger partial charge in [-0.25, -0.2) is 0 Å². The molecule has 29 heavy (non-hydrogen) atoms. The molecular formula is C24H36O5. The molecule has 1 aliphatic heterocycles. The average molecular weight is 405 g/mol. The van der Waals surface area contributed by atoms with E-state index in [9.17, 15) is 10.2 Å². The summed E-state index contributed by atoms with van der Waals surface area (Å²) in [6.45, 7) is 4.74. The molecule has 0 bridgehead atoms. The Balaban J connectivity index is 1.51. The normalized spacial score (nSPS) is 49.7. The highest BCUT2D eigenvalue weighted by Gasteiger charge is 2.79. The van der Waals surface area contributed by atoms with Crippen molar-refractivity contribution in [3.8, 4) is 0 Å². The van der Waals surface area contributed by atoms with Gasteiger partial charge in [-0.1, -0.05) is 25.5 Å². The molecule has 0 aromatic carbocycles. The van der Waals surface area contributed by atoms with E-state index in [-0.39, 0.29) is 29.6 Å². The van der Waals surface area contributed by atoms with Crippen LogP contribution in [0, 0.1) is 28.6 Å². The molecule has 8 atom stereocenters. The largest absolute Gasteiger partial charge is 0.469 e. The molecule has 4 fully saturated rings. The van der Waals surface area contributed by atoms with E-state index in [0.717, 1.165) is 44.1 Å². The molecule has 5 heteroatoms. The summed E-state index contributed by atoms with van der Waals surface area (Å²) in [6, 6.07) is 0. The van der Waals surface area contributed by atoms with E-state index in [1.54, 1.807) is 14.2 Å². The highest BCUT2D eigenvalue weighted by Crippen LogP contribution is 2.75. The highest BCUT2D eigenvalue weighted by atomic mass is 16.7. The van der Waals surface area contributed by atoms with Crippen LogP contribution >= 0.6 is 0 Å². The monoisotopic (exact) mass is 404 g/mol. The molecule has 2 N–H and O–H groups in total. The zero-order valence-corrected chi connectivity index (χ0v) is 18.2. The minimum absolute atomic E-state index is 0.00487. The molecule has 162 valence electrons. The molecule has 5 rings (SSSR count). The third-order valence-corrected chi connectivity index (χ3v) is 9.73. The van der Waals surface area contributed by atoms with E-state index in [1.807, 2.05) is 0 Å². The number of methoxy groups -OCH3 is 2. The topological polar surface area (TPSA) is 71.5 Å². The smallest absolute Gasteiger partial charge is 0.283 e. The number of rotatable bonds is 4. The molecule has 0 radical (unpaired) electrons. The Bertz CT molecular complexity index is 752. The molecule has 0 aromatic rings. The zero-order chi connectivity index (χ0) is 20.6. The lowest BCUT2D eigenvalue weighted by molar-refractivity contribution is -0.0791. The lowest BCUT2D eigenvalue weighted by atomic mass is 9.47. The number of aliphatic hydroxyl groups is 2. The Labute approximate surface area is 174 Å². The van der Waals surface area contributed by atoms with Crippen LogP contribution in [-0.2, 0) is 14.2 Å². The zero-order valence-electron chi connectivity index (χ0n) is 18.2. The maximum Gasteiger partial charge on any atom is 0.283 e. The van der Waals surface area contributed by atoms with Gasteiger partial charge in [0.1, 0.15) is 5.60 Å². The first-order valence-corrected chi connectivity index (χ1v) is 11.3. The van der Waals surface area contributed by atoms with Gasteiger partial charge in [-0.15, -0.1) is 0 Å². The minimum atomic E-state index is -0.438. The van der Waals surface area contributed by atoms with Gasteiger partial charge < -0.3 is 24.4 Å². The second kappa shape index (κ2) is 6.48. The molecule has 1 saturated heterocycles. The Hall–Kier alpha value is -1.04. The van der Waals surface area contributed by atoms with Crippen molar-refractivity contribution in [3.05, 3.63) is 23.2 Å². The van der Waals surface area contributed by atoms with Crippen molar-refractivity contribution in [1.82, 2.24) is 0 Å². The van der Waals surface area contributed by atoms with E-state index in [4.69, 9.17) is 14.2 Å². The van der Waals surface area contributed by atoms with Crippen molar-refractivity contribution in [3.63, 3.8) is 0 Å². The number of fused-ring (bicyclic) bond motifs is 7. The quantitative estimate of drug-likeness (QED) is 0.426. The molecule has 0 spiro atoms. The molecular weight excluding hydrogens is 368 g/mol. The summed E-state index contributed by atoms with van der Waals surface area (Å²) in [6.07, 6.45) is 9.82. The van der Waals surface area contributed by atoms with E-state index in [2.05, 4.69) is 19.9 Å². The third kappa shape index (κ3) is 2.38. The van der Waals surface area contributed by atoms with Gasteiger partial charge in [0.05, 0.1) is 38.6 Å². The van der Waals surface area contributed by atoms with Crippen LogP contribution in [0.3, 0.4) is 0 Å². The van der Waals surface area contributed by atoms with Crippen molar-refractivity contribution in [2.24, 2.45) is 28.6 Å². The summed E-state index contributed by atoms with van der Waals surface area (Å²) in [7, 11) is 3.19. The first kappa shape index (κ1) is 19.9. The van der Waals surface area contributed by atoms with Crippen molar-refractivity contribution in [2.45, 2.75) is 76.6 Å². The second-order valence-electron chi connectivity index (χ2n) is 10.5. The fourth-order valence-corrected chi connectivity index (χ4v) is 8.27. The van der Waals surface area contributed by atoms with Crippen LogP contribution in [0.25, 0.3) is 0 Å². The molecule has 3 saturated carbocycles. The van der Waals surface area contributed by atoms with E-state index in [1.165, 1.54) is 12.0 Å². The number of aliphatic hydroxyl groups excluding tert-OH is 2. The van der Waals surface area contributed by atoms with Crippen LogP contribution in [-0.4, -0.2) is 48.8 Å². The molecule has 0 amide bonds. The maximum absolute atomic E-state index is 10.2. The average Bonchev–Trinajstić information content (AvgIpc) is 3.37. The van der Waals surface area contributed by atoms with Crippen LogP contribution in [0.4, 0.5) is 0 Å². The van der Waals surface area contributed by atoms with Crippen LogP contribution in [0.1, 0.15) is 58.8 Å². The van der Waals surface area contributed by atoms with Gasteiger partial charge in [-0.2, -0.15) is 0 Å². The van der Waals surface area contributed by atoms with Crippen LogP contribution < -0.4 is 0 Å². The summed E-state index contributed by atoms with van der Waals surface area (Å²) in [5.41, 5.74) is 2.09. The Kier molecular flexibility index (Phi) is 4.44. The number of epoxide rings is 1. The predicted molar refractivity (Wildman–Crippen MR) is 109 cm³/mol. The maximum atomic E-state index is 10.2. The number of hydrogen-bond donors (Lipinski definition) is 2. The Morgan fingerprint density at radius 3 is 2.62 bits per heavy atom. The lowest BCUT2D eigenvalue weighted by Crippen LogP contribution is -2.53. The Morgan fingerprint density at radius 1 is 1.17 bits per heavy atom. The highest BCUT2D eigenvalue weighted by molar-refractivity contribution is 5.40. The molecule has 5 nitrogen and oxygen atoms in total. The van der Waals surface area contributed by atoms with Gasteiger partial charge >= 0.3 is 0 Å². The van der Waals surface area contributed by atoms with Gasteiger partial charge in [0.2, 0.25) is 0 Å². The van der Waals surface area contributed by atoms with Gasteiger partial charge in [-0.05, 0) is 68.1 Å². The van der Waals surface area contributed by atoms with Crippen LogP contribution in [0.5, 0.6) is 0 Å². The van der Waals surface area contributed by atoms with Gasteiger partial charge in [0.15, 0.2) is 0 Å². The van der Waals surface area contributed by atoms with Crippen molar-refractivity contribution in [2.75, 3.05) is 20.8 Å². The lowest BCUT2D eigenvalue weighted by Gasteiger charge is -2.58.